The number of hydrogen-bond donors (Lipinski definition) is 1. The first-order valence-electron chi connectivity index (χ1n) is 8.30. The molecule has 0 bridgehead atoms. The Morgan fingerprint density at radius 1 is 1.00 bits per heavy atom. The van der Waals surface area contributed by atoms with E-state index in [-0.39, 0.29) is 16.0 Å². The predicted molar refractivity (Wildman–Crippen MR) is 101 cm³/mol. The predicted octanol–water partition coefficient (Wildman–Crippen LogP) is 4.73. The molecule has 1 N–H and O–H groups in total. The SMILES string of the molecule is CC(C)(C)[Si](C)(C)ON(O[Si](C)(C)C(C)(C)C)C(=O)c1cn[nH]c1. The van der Waals surface area contributed by atoms with Crippen molar-refractivity contribution in [2.24, 2.45) is 0 Å². The molecule has 0 fully saturated rings. The van der Waals surface area contributed by atoms with Crippen LogP contribution in [-0.2, 0) is 9.05 Å². The summed E-state index contributed by atoms with van der Waals surface area (Å²) in [6.07, 6.45) is 3.04. The summed E-state index contributed by atoms with van der Waals surface area (Å²) in [6, 6.07) is 0. The van der Waals surface area contributed by atoms with Gasteiger partial charge in [-0.2, -0.15) is 5.10 Å². The van der Waals surface area contributed by atoms with E-state index in [0.717, 1.165) is 5.23 Å². The summed E-state index contributed by atoms with van der Waals surface area (Å²) >= 11 is 0. The van der Waals surface area contributed by atoms with E-state index < -0.39 is 16.6 Å². The molecule has 0 aliphatic carbocycles. The van der Waals surface area contributed by atoms with Crippen LogP contribution in [0.25, 0.3) is 0 Å². The van der Waals surface area contributed by atoms with E-state index in [2.05, 4.69) is 77.9 Å². The Bertz CT molecular complexity index is 530. The van der Waals surface area contributed by atoms with E-state index in [1.165, 1.54) is 6.20 Å². The lowest BCUT2D eigenvalue weighted by atomic mass is 10.2. The second kappa shape index (κ2) is 6.74. The molecule has 1 heterocycles. The fourth-order valence-corrected chi connectivity index (χ4v) is 2.95. The third-order valence-corrected chi connectivity index (χ3v) is 13.6. The zero-order chi connectivity index (χ0) is 19.0. The average Bonchev–Trinajstić information content (AvgIpc) is 2.87. The van der Waals surface area contributed by atoms with E-state index in [4.69, 9.17) is 9.05 Å². The second-order valence-corrected chi connectivity index (χ2v) is 18.7. The van der Waals surface area contributed by atoms with Crippen molar-refractivity contribution in [2.75, 3.05) is 0 Å². The lowest BCUT2D eigenvalue weighted by Gasteiger charge is -2.43. The Morgan fingerprint density at radius 3 is 1.71 bits per heavy atom. The summed E-state index contributed by atoms with van der Waals surface area (Å²) < 4.78 is 12.4. The van der Waals surface area contributed by atoms with Crippen LogP contribution in [0.15, 0.2) is 12.4 Å². The molecule has 0 aliphatic rings. The van der Waals surface area contributed by atoms with Gasteiger partial charge in [-0.05, 0) is 36.3 Å². The highest BCUT2D eigenvalue weighted by molar-refractivity contribution is 6.75. The Balaban J connectivity index is 3.16. The van der Waals surface area contributed by atoms with Gasteiger partial charge in [-0.15, -0.1) is 5.23 Å². The van der Waals surface area contributed by atoms with Crippen molar-refractivity contribution in [3.63, 3.8) is 0 Å². The van der Waals surface area contributed by atoms with Gasteiger partial charge in [0.25, 0.3) is 0 Å². The van der Waals surface area contributed by atoms with Crippen molar-refractivity contribution < 1.29 is 13.8 Å². The largest absolute Gasteiger partial charge is 0.304 e. The van der Waals surface area contributed by atoms with Crippen molar-refractivity contribution in [2.45, 2.75) is 77.8 Å². The summed E-state index contributed by atoms with van der Waals surface area (Å²) in [7, 11) is -4.46. The monoisotopic (exact) mass is 371 g/mol. The van der Waals surface area contributed by atoms with Gasteiger partial charge in [0.1, 0.15) is 0 Å². The summed E-state index contributed by atoms with van der Waals surface area (Å²) in [5, 5.41) is 7.57. The number of hydrogen-bond acceptors (Lipinski definition) is 4. The molecule has 0 radical (unpaired) electrons. The number of aromatic amines is 1. The van der Waals surface area contributed by atoms with Gasteiger partial charge in [0.05, 0.1) is 11.8 Å². The molecule has 1 amide bonds. The summed E-state index contributed by atoms with van der Waals surface area (Å²) in [5.74, 6) is -0.321. The minimum absolute atomic E-state index is 0.0429. The van der Waals surface area contributed by atoms with Gasteiger partial charge in [-0.3, -0.25) is 18.9 Å². The zero-order valence-corrected chi connectivity index (χ0v) is 18.8. The van der Waals surface area contributed by atoms with Gasteiger partial charge in [0.15, 0.2) is 0 Å². The minimum atomic E-state index is -2.23. The molecule has 1 aromatic heterocycles. The number of H-pyrrole nitrogens is 1. The first kappa shape index (κ1) is 21.1. The topological polar surface area (TPSA) is 67.5 Å². The first-order chi connectivity index (χ1) is 10.6. The van der Waals surface area contributed by atoms with Crippen LogP contribution in [0, 0.1) is 0 Å². The number of carbonyl (C=O) groups is 1. The molecule has 1 rings (SSSR count). The number of aromatic nitrogens is 2. The lowest BCUT2D eigenvalue weighted by molar-refractivity contribution is -0.230. The molecule has 0 atom stereocenters. The molecule has 0 unspecified atom stereocenters. The Kier molecular flexibility index (Phi) is 5.92. The van der Waals surface area contributed by atoms with Crippen molar-refractivity contribution >= 4 is 22.5 Å². The molecule has 0 saturated heterocycles. The van der Waals surface area contributed by atoms with Crippen LogP contribution in [-0.4, -0.2) is 38.0 Å². The third kappa shape index (κ3) is 4.78. The van der Waals surface area contributed by atoms with E-state index in [1.807, 2.05) is 0 Å². The highest BCUT2D eigenvalue weighted by Gasteiger charge is 2.46. The highest BCUT2D eigenvalue weighted by atomic mass is 28.4. The number of hydroxylamine groups is 2. The normalized spacial score (nSPS) is 13.9. The van der Waals surface area contributed by atoms with E-state index in [9.17, 15) is 4.79 Å². The van der Waals surface area contributed by atoms with Crippen molar-refractivity contribution in [3.05, 3.63) is 18.0 Å². The molecular weight excluding hydrogens is 338 g/mol. The third-order valence-electron chi connectivity index (χ3n) is 5.15. The van der Waals surface area contributed by atoms with Gasteiger partial charge in [-0.1, -0.05) is 41.5 Å². The van der Waals surface area contributed by atoms with Crippen LogP contribution in [0.3, 0.4) is 0 Å². The molecule has 0 spiro atoms. The van der Waals surface area contributed by atoms with E-state index in [1.54, 1.807) is 6.20 Å². The first-order valence-corrected chi connectivity index (χ1v) is 14.1. The maximum Gasteiger partial charge on any atom is 0.304 e. The average molecular weight is 372 g/mol. The number of amides is 1. The summed E-state index contributed by atoms with van der Waals surface area (Å²) in [4.78, 5) is 12.9. The molecule has 6 nitrogen and oxygen atoms in total. The Labute approximate surface area is 148 Å². The number of rotatable bonds is 5. The zero-order valence-electron chi connectivity index (χ0n) is 16.8. The summed E-state index contributed by atoms with van der Waals surface area (Å²) in [6.45, 7) is 21.2. The number of nitrogens with zero attached hydrogens (tertiary/aromatic N) is 2. The van der Waals surface area contributed by atoms with Crippen LogP contribution >= 0.6 is 0 Å². The van der Waals surface area contributed by atoms with Gasteiger partial charge >= 0.3 is 5.91 Å². The standard InChI is InChI=1S/C16H33N3O3Si2/c1-15(2,3)23(7,8)21-19(14(20)13-11-17-18-12-13)22-24(9,10)16(4,5)6/h11-12H,1-10H3,(H,17,18). The minimum Gasteiger partial charge on any atom is -0.295 e. The molecule has 0 aliphatic heterocycles. The van der Waals surface area contributed by atoms with E-state index >= 15 is 0 Å². The maximum atomic E-state index is 12.9. The van der Waals surface area contributed by atoms with E-state index in [0.29, 0.717) is 5.56 Å². The molecule has 138 valence electrons. The van der Waals surface area contributed by atoms with Gasteiger partial charge < -0.3 is 0 Å². The maximum absolute atomic E-state index is 12.9. The fraction of sp³-hybridized carbons (Fsp3) is 0.750. The highest BCUT2D eigenvalue weighted by Crippen LogP contribution is 2.40. The quantitative estimate of drug-likeness (QED) is 0.600. The van der Waals surface area contributed by atoms with Crippen molar-refractivity contribution in [3.8, 4) is 0 Å². The smallest absolute Gasteiger partial charge is 0.295 e. The molecular formula is C16H33N3O3Si2. The van der Waals surface area contributed by atoms with Crippen molar-refractivity contribution in [1.29, 1.82) is 0 Å². The van der Waals surface area contributed by atoms with Crippen LogP contribution in [0.5, 0.6) is 0 Å². The van der Waals surface area contributed by atoms with Crippen LogP contribution in [0.1, 0.15) is 51.9 Å². The van der Waals surface area contributed by atoms with Gasteiger partial charge in [0.2, 0.25) is 16.6 Å². The van der Waals surface area contributed by atoms with Crippen molar-refractivity contribution in [1.82, 2.24) is 15.4 Å². The van der Waals surface area contributed by atoms with Gasteiger partial charge in [0, 0.05) is 6.20 Å². The van der Waals surface area contributed by atoms with Gasteiger partial charge in [-0.25, -0.2) is 0 Å². The second-order valence-electron chi connectivity index (χ2n) is 9.25. The summed E-state index contributed by atoms with van der Waals surface area (Å²) in [5.41, 5.74) is 0.424. The molecule has 24 heavy (non-hydrogen) atoms. The molecule has 0 saturated carbocycles. The number of nitrogens with one attached hydrogen (secondary N) is 1. The lowest BCUT2D eigenvalue weighted by Crippen LogP contribution is -2.54. The van der Waals surface area contributed by atoms with Crippen LogP contribution < -0.4 is 0 Å². The Hall–Kier alpha value is -0.966. The number of carbonyl (C=O) groups excluding carboxylic acids is 1. The Morgan fingerprint density at radius 2 is 1.42 bits per heavy atom. The molecule has 8 heteroatoms. The van der Waals surface area contributed by atoms with Crippen LogP contribution in [0.2, 0.25) is 36.3 Å². The molecule has 0 aromatic carbocycles. The fourth-order valence-electron chi connectivity index (χ4n) is 1.26. The van der Waals surface area contributed by atoms with Crippen LogP contribution in [0.4, 0.5) is 0 Å². The molecule has 1 aromatic rings.